The van der Waals surface area contributed by atoms with Crippen LogP contribution in [0, 0.1) is 0 Å². The van der Waals surface area contributed by atoms with Crippen molar-refractivity contribution in [3.63, 3.8) is 0 Å². The van der Waals surface area contributed by atoms with Crippen molar-refractivity contribution in [2.45, 2.75) is 19.5 Å². The van der Waals surface area contributed by atoms with Crippen molar-refractivity contribution in [3.8, 4) is 11.5 Å². The summed E-state index contributed by atoms with van der Waals surface area (Å²) in [7, 11) is 4.19. The zero-order valence-electron chi connectivity index (χ0n) is 12.9. The van der Waals surface area contributed by atoms with E-state index in [1.54, 1.807) is 0 Å². The van der Waals surface area contributed by atoms with Crippen LogP contribution in [0.3, 0.4) is 0 Å². The average molecular weight is 339 g/mol. The molecule has 3 rings (SSSR count). The molecule has 0 spiro atoms. The third kappa shape index (κ3) is 2.89. The summed E-state index contributed by atoms with van der Waals surface area (Å²) in [6.45, 7) is 2.19. The number of ether oxygens (including phenoxy) is 1. The number of rotatable bonds is 3. The summed E-state index contributed by atoms with van der Waals surface area (Å²) in [6, 6.07) is 13.9. The molecule has 118 valence electrons. The Bertz CT molecular complexity index is 661. The van der Waals surface area contributed by atoms with Crippen LogP contribution in [0.2, 0.25) is 5.02 Å². The Morgan fingerprint density at radius 1 is 1.09 bits per heavy atom. The van der Waals surface area contributed by atoms with E-state index in [9.17, 15) is 0 Å². The van der Waals surface area contributed by atoms with Crippen molar-refractivity contribution in [2.24, 2.45) is 0 Å². The first-order chi connectivity index (χ1) is 10.1. The first-order valence-electron chi connectivity index (χ1n) is 7.14. The zero-order valence-corrected chi connectivity index (χ0v) is 14.5. The van der Waals surface area contributed by atoms with E-state index in [0.717, 1.165) is 34.3 Å². The molecule has 1 aliphatic rings. The van der Waals surface area contributed by atoms with Gasteiger partial charge in [0.1, 0.15) is 0 Å². The van der Waals surface area contributed by atoms with Crippen LogP contribution in [0.25, 0.3) is 0 Å². The maximum absolute atomic E-state index is 6.20. The van der Waals surface area contributed by atoms with Gasteiger partial charge in [-0.05, 0) is 50.8 Å². The number of hydrogen-bond acceptors (Lipinski definition) is 3. The molecule has 0 N–H and O–H groups in total. The highest BCUT2D eigenvalue weighted by Gasteiger charge is 2.30. The topological polar surface area (TPSA) is 15.7 Å². The van der Waals surface area contributed by atoms with E-state index < -0.39 is 0 Å². The summed E-state index contributed by atoms with van der Waals surface area (Å²) in [5.74, 6) is 1.73. The summed E-state index contributed by atoms with van der Waals surface area (Å²) in [6.07, 6.45) is 1.24. The van der Waals surface area contributed by atoms with Gasteiger partial charge in [-0.1, -0.05) is 30.7 Å². The number of nitrogens with zero attached hydrogens (tertiary/aromatic N) is 2. The van der Waals surface area contributed by atoms with Crippen LogP contribution in [-0.4, -0.2) is 25.2 Å². The molecule has 0 aromatic heterocycles. The van der Waals surface area contributed by atoms with Crippen LogP contribution in [0.1, 0.15) is 13.3 Å². The summed E-state index contributed by atoms with van der Waals surface area (Å²) in [5.41, 5.74) is 2.09. The quantitative estimate of drug-likeness (QED) is 0.754. The fourth-order valence-electron chi connectivity index (χ4n) is 2.86. The van der Waals surface area contributed by atoms with Gasteiger partial charge in [0.15, 0.2) is 11.5 Å². The van der Waals surface area contributed by atoms with Gasteiger partial charge in [-0.3, -0.25) is 4.90 Å². The van der Waals surface area contributed by atoms with Crippen molar-refractivity contribution in [1.82, 2.24) is 4.90 Å². The van der Waals surface area contributed by atoms with Gasteiger partial charge in [-0.2, -0.15) is 0 Å². The first-order valence-corrected chi connectivity index (χ1v) is 7.51. The molecule has 0 saturated carbocycles. The van der Waals surface area contributed by atoms with Gasteiger partial charge in [0, 0.05) is 5.02 Å². The third-order valence-electron chi connectivity index (χ3n) is 3.78. The van der Waals surface area contributed by atoms with Crippen LogP contribution in [0.15, 0.2) is 42.5 Å². The predicted octanol–water partition coefficient (Wildman–Crippen LogP) is 5.30. The number of fused-ring (bicyclic) bond motifs is 2. The molecule has 0 amide bonds. The highest BCUT2D eigenvalue weighted by atomic mass is 35.5. The number of benzene rings is 2. The van der Waals surface area contributed by atoms with Gasteiger partial charge in [0.05, 0.1) is 17.5 Å². The minimum absolute atomic E-state index is 0. The maximum Gasteiger partial charge on any atom is 0.151 e. The monoisotopic (exact) mass is 338 g/mol. The molecule has 5 heteroatoms. The molecular formula is C17H20Cl2N2O. The van der Waals surface area contributed by atoms with E-state index in [-0.39, 0.29) is 18.6 Å². The second-order valence-corrected chi connectivity index (χ2v) is 5.84. The average Bonchev–Trinajstić information content (AvgIpc) is 2.47. The molecule has 1 unspecified atom stereocenters. The number of anilines is 2. The van der Waals surface area contributed by atoms with Gasteiger partial charge in [0.2, 0.25) is 0 Å². The van der Waals surface area contributed by atoms with E-state index in [1.807, 2.05) is 36.4 Å². The molecule has 3 nitrogen and oxygen atoms in total. The molecular weight excluding hydrogens is 319 g/mol. The Morgan fingerprint density at radius 3 is 2.45 bits per heavy atom. The van der Waals surface area contributed by atoms with E-state index >= 15 is 0 Å². The van der Waals surface area contributed by atoms with Crippen molar-refractivity contribution in [3.05, 3.63) is 47.5 Å². The number of hydrogen-bond donors (Lipinski definition) is 0. The lowest BCUT2D eigenvalue weighted by Crippen LogP contribution is -2.43. The van der Waals surface area contributed by atoms with E-state index in [0.29, 0.717) is 0 Å². The highest BCUT2D eigenvalue weighted by molar-refractivity contribution is 6.31. The van der Waals surface area contributed by atoms with Gasteiger partial charge in [0.25, 0.3) is 0 Å². The van der Waals surface area contributed by atoms with Crippen molar-refractivity contribution in [2.75, 3.05) is 19.0 Å². The van der Waals surface area contributed by atoms with Crippen LogP contribution < -0.4 is 9.64 Å². The fourth-order valence-corrected chi connectivity index (χ4v) is 3.02. The van der Waals surface area contributed by atoms with Crippen LogP contribution >= 0.6 is 24.0 Å². The smallest absolute Gasteiger partial charge is 0.151 e. The molecule has 1 atom stereocenters. The van der Waals surface area contributed by atoms with E-state index in [2.05, 4.69) is 36.9 Å². The van der Waals surface area contributed by atoms with E-state index in [4.69, 9.17) is 16.3 Å². The Morgan fingerprint density at radius 2 is 1.77 bits per heavy atom. The molecule has 0 aliphatic carbocycles. The lowest BCUT2D eigenvalue weighted by atomic mass is 10.1. The number of halogens is 2. The van der Waals surface area contributed by atoms with E-state index in [1.165, 1.54) is 0 Å². The van der Waals surface area contributed by atoms with Crippen molar-refractivity contribution >= 4 is 35.4 Å². The van der Waals surface area contributed by atoms with Gasteiger partial charge in [-0.25, -0.2) is 0 Å². The molecule has 2 aromatic rings. The summed E-state index contributed by atoms with van der Waals surface area (Å²) in [4.78, 5) is 4.52. The lowest BCUT2D eigenvalue weighted by molar-refractivity contribution is 0.285. The second-order valence-electron chi connectivity index (χ2n) is 5.40. The summed E-state index contributed by atoms with van der Waals surface area (Å²) >= 11 is 6.20. The van der Waals surface area contributed by atoms with Crippen molar-refractivity contribution < 1.29 is 4.74 Å². The standard InChI is InChI=1S/C17H19ClN2O.ClH/c1-4-17(19(2)3)20-13-7-5-6-8-15(13)21-16-10-9-12(18)11-14(16)20;/h5-11,17H,4H2,1-3H3;1H. The summed E-state index contributed by atoms with van der Waals surface area (Å²) in [5, 5.41) is 0.718. The van der Waals surface area contributed by atoms with Gasteiger partial charge in [-0.15, -0.1) is 12.4 Å². The predicted molar refractivity (Wildman–Crippen MR) is 95.1 cm³/mol. The molecule has 1 heterocycles. The zero-order chi connectivity index (χ0) is 15.0. The normalized spacial score (nSPS) is 13.8. The first kappa shape index (κ1) is 16.9. The lowest BCUT2D eigenvalue weighted by Gasteiger charge is -2.41. The van der Waals surface area contributed by atoms with Crippen molar-refractivity contribution in [1.29, 1.82) is 0 Å². The largest absolute Gasteiger partial charge is 0.453 e. The minimum Gasteiger partial charge on any atom is -0.453 e. The molecule has 0 radical (unpaired) electrons. The Labute approximate surface area is 142 Å². The molecule has 22 heavy (non-hydrogen) atoms. The molecule has 2 aromatic carbocycles. The number of para-hydroxylation sites is 2. The Kier molecular flexibility index (Phi) is 5.22. The molecule has 1 aliphatic heterocycles. The second kappa shape index (κ2) is 6.78. The minimum atomic E-state index is 0. The van der Waals surface area contributed by atoms with Crippen LogP contribution in [0.4, 0.5) is 11.4 Å². The third-order valence-corrected chi connectivity index (χ3v) is 4.02. The molecule has 0 bridgehead atoms. The Hall–Kier alpha value is -1.42. The van der Waals surface area contributed by atoms with Crippen LogP contribution in [-0.2, 0) is 0 Å². The SMILES string of the molecule is CCC(N(C)C)N1c2ccccc2Oc2ccc(Cl)cc21.Cl. The molecule has 0 saturated heterocycles. The molecule has 0 fully saturated rings. The van der Waals surface area contributed by atoms with Gasteiger partial charge >= 0.3 is 0 Å². The summed E-state index contributed by atoms with van der Waals surface area (Å²) < 4.78 is 6.02. The Balaban J connectivity index is 0.00000176. The maximum atomic E-state index is 6.20. The highest BCUT2D eigenvalue weighted by Crippen LogP contribution is 2.48. The van der Waals surface area contributed by atoms with Crippen LogP contribution in [0.5, 0.6) is 11.5 Å². The fraction of sp³-hybridized carbons (Fsp3) is 0.294. The van der Waals surface area contributed by atoms with Gasteiger partial charge < -0.3 is 9.64 Å².